The van der Waals surface area contributed by atoms with Crippen LogP contribution in [0.3, 0.4) is 0 Å². The first-order chi connectivity index (χ1) is 12.7. The summed E-state index contributed by atoms with van der Waals surface area (Å²) in [6, 6.07) is 7.33. The van der Waals surface area contributed by atoms with Gasteiger partial charge in [-0.3, -0.25) is 14.1 Å². The fraction of sp³-hybridized carbons (Fsp3) is 0.333. The summed E-state index contributed by atoms with van der Waals surface area (Å²) >= 11 is 3.53. The lowest BCUT2D eigenvalue weighted by atomic mass is 10.2. The first kappa shape index (κ1) is 19.6. The van der Waals surface area contributed by atoms with E-state index in [0.29, 0.717) is 24.5 Å². The van der Waals surface area contributed by atoms with Gasteiger partial charge in [0.25, 0.3) is 10.0 Å². The van der Waals surface area contributed by atoms with Crippen molar-refractivity contribution < 1.29 is 8.42 Å². The number of aryl methyl sites for hydroxylation is 3. The highest BCUT2D eigenvalue weighted by atomic mass is 79.9. The molecule has 0 aliphatic heterocycles. The maximum atomic E-state index is 12.7. The van der Waals surface area contributed by atoms with Gasteiger partial charge in [-0.1, -0.05) is 12.1 Å². The average molecular weight is 452 g/mol. The van der Waals surface area contributed by atoms with Gasteiger partial charge in [-0.25, -0.2) is 8.42 Å². The topological polar surface area (TPSA) is 81.8 Å². The number of nitrogens with zero attached hydrogens (tertiary/aromatic N) is 4. The molecule has 0 aliphatic rings. The monoisotopic (exact) mass is 451 g/mol. The van der Waals surface area contributed by atoms with Crippen LogP contribution in [0.25, 0.3) is 0 Å². The second-order valence-electron chi connectivity index (χ2n) is 6.38. The molecule has 2 aromatic heterocycles. The van der Waals surface area contributed by atoms with Gasteiger partial charge in [0.15, 0.2) is 0 Å². The van der Waals surface area contributed by atoms with E-state index in [1.54, 1.807) is 23.9 Å². The lowest BCUT2D eigenvalue weighted by Gasteiger charge is -2.10. The maximum Gasteiger partial charge on any atom is 0.265 e. The molecule has 0 saturated carbocycles. The van der Waals surface area contributed by atoms with Gasteiger partial charge in [-0.15, -0.1) is 0 Å². The Balaban J connectivity index is 1.85. The smallest absolute Gasteiger partial charge is 0.265 e. The molecule has 0 radical (unpaired) electrons. The molecule has 1 aromatic carbocycles. The minimum Gasteiger partial charge on any atom is -0.280 e. The van der Waals surface area contributed by atoms with Crippen molar-refractivity contribution >= 4 is 31.6 Å². The molecule has 0 amide bonds. The lowest BCUT2D eigenvalue weighted by Crippen LogP contribution is -2.14. The van der Waals surface area contributed by atoms with Crippen LogP contribution in [0.4, 0.5) is 5.69 Å². The summed E-state index contributed by atoms with van der Waals surface area (Å²) in [5, 5.41) is 8.71. The Kier molecular flexibility index (Phi) is 5.43. The van der Waals surface area contributed by atoms with E-state index in [1.807, 2.05) is 43.7 Å². The number of rotatable bonds is 6. The van der Waals surface area contributed by atoms with E-state index in [2.05, 4.69) is 30.8 Å². The van der Waals surface area contributed by atoms with Crippen molar-refractivity contribution in [3.63, 3.8) is 0 Å². The Morgan fingerprint density at radius 3 is 2.48 bits per heavy atom. The SMILES string of the molecule is CCn1cc(S(=O)(=O)Nc2cccc(Cn3nc(C)c(Br)c3C)c2)c(C)n1. The number of hydrogen-bond acceptors (Lipinski definition) is 4. The Bertz CT molecular complexity index is 1090. The van der Waals surface area contributed by atoms with Crippen molar-refractivity contribution in [3.8, 4) is 0 Å². The molecule has 3 aromatic rings. The molecule has 7 nitrogen and oxygen atoms in total. The summed E-state index contributed by atoms with van der Waals surface area (Å²) in [6.07, 6.45) is 1.55. The summed E-state index contributed by atoms with van der Waals surface area (Å²) in [4.78, 5) is 0.192. The minimum atomic E-state index is -3.70. The maximum absolute atomic E-state index is 12.7. The fourth-order valence-corrected chi connectivity index (χ4v) is 4.39. The Hall–Kier alpha value is -2.13. The molecule has 1 N–H and O–H groups in total. The third-order valence-corrected chi connectivity index (χ3v) is 6.95. The molecule has 2 heterocycles. The molecule has 9 heteroatoms. The third kappa shape index (κ3) is 4.08. The summed E-state index contributed by atoms with van der Waals surface area (Å²) in [5.41, 5.74) is 3.90. The van der Waals surface area contributed by atoms with Crippen molar-refractivity contribution in [2.24, 2.45) is 0 Å². The molecule has 0 spiro atoms. The first-order valence-corrected chi connectivity index (χ1v) is 10.8. The Labute approximate surface area is 167 Å². The summed E-state index contributed by atoms with van der Waals surface area (Å²) in [5.74, 6) is 0. The van der Waals surface area contributed by atoms with Gasteiger partial charge in [0, 0.05) is 18.4 Å². The number of nitrogens with one attached hydrogen (secondary N) is 1. The highest BCUT2D eigenvalue weighted by Crippen LogP contribution is 2.23. The number of anilines is 1. The molecule has 0 bridgehead atoms. The van der Waals surface area contributed by atoms with Crippen LogP contribution in [0.2, 0.25) is 0 Å². The van der Waals surface area contributed by atoms with Gasteiger partial charge in [-0.2, -0.15) is 10.2 Å². The van der Waals surface area contributed by atoms with E-state index in [9.17, 15) is 8.42 Å². The molecule has 27 heavy (non-hydrogen) atoms. The third-order valence-electron chi connectivity index (χ3n) is 4.32. The van der Waals surface area contributed by atoms with E-state index in [4.69, 9.17) is 0 Å². The van der Waals surface area contributed by atoms with Crippen molar-refractivity contribution in [1.29, 1.82) is 0 Å². The highest BCUT2D eigenvalue weighted by Gasteiger charge is 2.20. The number of aromatic nitrogens is 4. The van der Waals surface area contributed by atoms with Crippen LogP contribution in [-0.4, -0.2) is 28.0 Å². The molecule has 0 aliphatic carbocycles. The molecule has 0 fully saturated rings. The average Bonchev–Trinajstić information content (AvgIpc) is 3.11. The normalized spacial score (nSPS) is 11.7. The Morgan fingerprint density at radius 1 is 1.15 bits per heavy atom. The van der Waals surface area contributed by atoms with Gasteiger partial charge < -0.3 is 0 Å². The van der Waals surface area contributed by atoms with Crippen molar-refractivity contribution in [3.05, 3.63) is 57.6 Å². The van der Waals surface area contributed by atoms with E-state index in [-0.39, 0.29) is 4.90 Å². The second kappa shape index (κ2) is 7.47. The number of halogens is 1. The van der Waals surface area contributed by atoms with Crippen molar-refractivity contribution in [2.75, 3.05) is 4.72 Å². The van der Waals surface area contributed by atoms with E-state index >= 15 is 0 Å². The van der Waals surface area contributed by atoms with Crippen LogP contribution in [0.15, 0.2) is 39.8 Å². The van der Waals surface area contributed by atoms with Crippen LogP contribution in [0.5, 0.6) is 0 Å². The molecule has 0 unspecified atom stereocenters. The van der Waals surface area contributed by atoms with Gasteiger partial charge >= 0.3 is 0 Å². The molecular formula is C18H22BrN5O2S. The first-order valence-electron chi connectivity index (χ1n) is 8.56. The standard InChI is InChI=1S/C18H22BrN5O2S/c1-5-23-11-17(12(2)20-23)27(25,26)22-16-8-6-7-15(9-16)10-24-14(4)18(19)13(3)21-24/h6-9,11,22H,5,10H2,1-4H3. The zero-order valence-corrected chi connectivity index (χ0v) is 18.1. The quantitative estimate of drug-likeness (QED) is 0.619. The van der Waals surface area contributed by atoms with Gasteiger partial charge in [-0.05, 0) is 61.3 Å². The zero-order chi connectivity index (χ0) is 19.8. The number of hydrogen-bond donors (Lipinski definition) is 1. The van der Waals surface area contributed by atoms with Crippen LogP contribution in [0, 0.1) is 20.8 Å². The fourth-order valence-electron chi connectivity index (χ4n) is 2.87. The molecule has 0 saturated heterocycles. The molecule has 3 rings (SSSR count). The highest BCUT2D eigenvalue weighted by molar-refractivity contribution is 9.10. The van der Waals surface area contributed by atoms with Crippen molar-refractivity contribution in [2.45, 2.75) is 45.7 Å². The van der Waals surface area contributed by atoms with Crippen molar-refractivity contribution in [1.82, 2.24) is 19.6 Å². The lowest BCUT2D eigenvalue weighted by molar-refractivity contribution is 0.600. The van der Waals surface area contributed by atoms with Crippen LogP contribution in [0.1, 0.15) is 29.6 Å². The zero-order valence-electron chi connectivity index (χ0n) is 15.7. The summed E-state index contributed by atoms with van der Waals surface area (Å²) < 4.78 is 32.6. The van der Waals surface area contributed by atoms with Gasteiger partial charge in [0.1, 0.15) is 4.90 Å². The van der Waals surface area contributed by atoms with Crippen LogP contribution < -0.4 is 4.72 Å². The predicted octanol–water partition coefficient (Wildman–Crippen LogP) is 3.64. The van der Waals surface area contributed by atoms with Crippen LogP contribution >= 0.6 is 15.9 Å². The Morgan fingerprint density at radius 2 is 1.89 bits per heavy atom. The largest absolute Gasteiger partial charge is 0.280 e. The van der Waals surface area contributed by atoms with Gasteiger partial charge in [0.05, 0.1) is 28.1 Å². The van der Waals surface area contributed by atoms with E-state index in [1.165, 1.54) is 0 Å². The summed E-state index contributed by atoms with van der Waals surface area (Å²) in [6.45, 7) is 8.71. The number of benzene rings is 1. The van der Waals surface area contributed by atoms with E-state index in [0.717, 1.165) is 21.4 Å². The van der Waals surface area contributed by atoms with Crippen LogP contribution in [-0.2, 0) is 23.1 Å². The molecular weight excluding hydrogens is 430 g/mol. The minimum absolute atomic E-state index is 0.192. The summed E-state index contributed by atoms with van der Waals surface area (Å²) in [7, 11) is -3.70. The molecule has 144 valence electrons. The molecule has 0 atom stereocenters. The number of sulfonamides is 1. The second-order valence-corrected chi connectivity index (χ2v) is 8.83. The predicted molar refractivity (Wildman–Crippen MR) is 108 cm³/mol. The van der Waals surface area contributed by atoms with Gasteiger partial charge in [0.2, 0.25) is 0 Å². The van der Waals surface area contributed by atoms with E-state index < -0.39 is 10.0 Å².